The maximum absolute atomic E-state index is 12.1. The van der Waals surface area contributed by atoms with Gasteiger partial charge in [-0.15, -0.1) is 11.3 Å². The van der Waals surface area contributed by atoms with Crippen molar-refractivity contribution in [2.45, 2.75) is 40.2 Å². The lowest BCUT2D eigenvalue weighted by atomic mass is 10.2. The molecule has 21 heavy (non-hydrogen) atoms. The third kappa shape index (κ3) is 4.10. The molecule has 4 N–H and O–H groups in total. The lowest BCUT2D eigenvalue weighted by molar-refractivity contribution is 0.0529. The average Bonchev–Trinajstić information content (AvgIpc) is 2.76. The summed E-state index contributed by atoms with van der Waals surface area (Å²) in [6.07, 6.45) is 0.885. The number of anilines is 2. The first-order valence-corrected chi connectivity index (χ1v) is 7.91. The monoisotopic (exact) mass is 313 g/mol. The van der Waals surface area contributed by atoms with Crippen LogP contribution in [0.4, 0.5) is 10.7 Å². The maximum atomic E-state index is 12.1. The van der Waals surface area contributed by atoms with Crippen LogP contribution in [0.2, 0.25) is 0 Å². The zero-order valence-corrected chi connectivity index (χ0v) is 13.7. The normalized spacial score (nSPS) is 11.8. The van der Waals surface area contributed by atoms with Crippen LogP contribution in [0.5, 0.6) is 0 Å². The summed E-state index contributed by atoms with van der Waals surface area (Å²) in [5.41, 5.74) is 6.42. The van der Waals surface area contributed by atoms with Crippen molar-refractivity contribution in [2.24, 2.45) is 0 Å². The van der Waals surface area contributed by atoms with Crippen molar-refractivity contribution >= 4 is 33.9 Å². The number of nitrogens with two attached hydrogens (primary N) is 1. The van der Waals surface area contributed by atoms with Gasteiger partial charge in [0, 0.05) is 12.6 Å². The Hall–Kier alpha value is -1.76. The molecule has 0 spiro atoms. The van der Waals surface area contributed by atoms with Gasteiger partial charge >= 0.3 is 5.97 Å². The van der Waals surface area contributed by atoms with Gasteiger partial charge in [-0.1, -0.05) is 6.92 Å². The molecule has 0 fully saturated rings. The summed E-state index contributed by atoms with van der Waals surface area (Å²) in [4.78, 5) is 24.4. The largest absolute Gasteiger partial charge is 0.462 e. The second kappa shape index (κ2) is 7.87. The van der Waals surface area contributed by atoms with Crippen molar-refractivity contribution in [3.63, 3.8) is 0 Å². The number of thiophene rings is 1. The van der Waals surface area contributed by atoms with Crippen LogP contribution in [0.15, 0.2) is 0 Å². The van der Waals surface area contributed by atoms with Crippen LogP contribution in [-0.4, -0.2) is 31.1 Å². The molecule has 7 heteroatoms. The van der Waals surface area contributed by atoms with E-state index in [-0.39, 0.29) is 29.8 Å². The molecule has 0 bridgehead atoms. The maximum Gasteiger partial charge on any atom is 0.343 e. The van der Waals surface area contributed by atoms with E-state index in [9.17, 15) is 9.59 Å². The predicted octanol–water partition coefficient (Wildman–Crippen LogP) is 2.47. The van der Waals surface area contributed by atoms with Crippen LogP contribution in [0, 0.1) is 0 Å². The minimum atomic E-state index is -0.507. The smallest absolute Gasteiger partial charge is 0.343 e. The summed E-state index contributed by atoms with van der Waals surface area (Å²) in [6, 6.07) is 0.165. The molecule has 0 aromatic carbocycles. The van der Waals surface area contributed by atoms with Gasteiger partial charge in [0.2, 0.25) is 0 Å². The Kier molecular flexibility index (Phi) is 6.48. The number of nitrogen functional groups attached to an aromatic ring is 1. The molecule has 0 saturated carbocycles. The van der Waals surface area contributed by atoms with Gasteiger partial charge in [-0.2, -0.15) is 0 Å². The van der Waals surface area contributed by atoms with Crippen molar-refractivity contribution in [2.75, 3.05) is 24.2 Å². The van der Waals surface area contributed by atoms with Gasteiger partial charge in [0.1, 0.15) is 15.4 Å². The summed E-state index contributed by atoms with van der Waals surface area (Å²) in [6.45, 7) is 8.34. The van der Waals surface area contributed by atoms with Gasteiger partial charge in [0.15, 0.2) is 0 Å². The molecule has 1 amide bonds. The van der Waals surface area contributed by atoms with Crippen molar-refractivity contribution in [1.29, 1.82) is 0 Å². The molecule has 1 rings (SSSR count). The molecule has 0 radical (unpaired) electrons. The van der Waals surface area contributed by atoms with E-state index >= 15 is 0 Å². The van der Waals surface area contributed by atoms with Crippen LogP contribution in [0.1, 0.15) is 54.1 Å². The van der Waals surface area contributed by atoms with Crippen molar-refractivity contribution in [3.8, 4) is 0 Å². The number of hydrogen-bond donors (Lipinski definition) is 3. The number of esters is 1. The first-order valence-electron chi connectivity index (χ1n) is 7.10. The molecular weight excluding hydrogens is 290 g/mol. The number of hydrogen-bond acceptors (Lipinski definition) is 6. The van der Waals surface area contributed by atoms with E-state index in [0.29, 0.717) is 16.4 Å². The van der Waals surface area contributed by atoms with Crippen LogP contribution in [0.25, 0.3) is 0 Å². The molecule has 1 heterocycles. The molecule has 0 aliphatic heterocycles. The van der Waals surface area contributed by atoms with Crippen LogP contribution in [-0.2, 0) is 4.74 Å². The quantitative estimate of drug-likeness (QED) is 0.672. The summed E-state index contributed by atoms with van der Waals surface area (Å²) in [5, 5.41) is 6.49. The minimum absolute atomic E-state index is 0.165. The molecule has 0 aliphatic carbocycles. The highest BCUT2D eigenvalue weighted by atomic mass is 32.1. The Morgan fingerprint density at radius 3 is 2.52 bits per heavy atom. The SMILES string of the molecule is CCNC(=O)c1sc(NC(C)CC)c(C(=O)OCC)c1N. The van der Waals surface area contributed by atoms with Crippen LogP contribution in [0.3, 0.4) is 0 Å². The Labute approximate surface area is 129 Å². The fourth-order valence-corrected chi connectivity index (χ4v) is 2.82. The summed E-state index contributed by atoms with van der Waals surface area (Å²) >= 11 is 1.18. The number of carbonyl (C=O) groups excluding carboxylic acids is 2. The van der Waals surface area contributed by atoms with Gasteiger partial charge in [-0.3, -0.25) is 4.79 Å². The van der Waals surface area contributed by atoms with Crippen molar-refractivity contribution in [1.82, 2.24) is 5.32 Å². The fraction of sp³-hybridized carbons (Fsp3) is 0.571. The molecular formula is C14H23N3O3S. The van der Waals surface area contributed by atoms with E-state index in [0.717, 1.165) is 6.42 Å². The fourth-order valence-electron chi connectivity index (χ4n) is 1.69. The second-order valence-electron chi connectivity index (χ2n) is 4.58. The topological polar surface area (TPSA) is 93.5 Å². The second-order valence-corrected chi connectivity index (χ2v) is 5.60. The number of nitrogens with one attached hydrogen (secondary N) is 2. The highest BCUT2D eigenvalue weighted by Crippen LogP contribution is 2.36. The molecule has 1 unspecified atom stereocenters. The van der Waals surface area contributed by atoms with Gasteiger partial charge in [-0.25, -0.2) is 4.79 Å². The van der Waals surface area contributed by atoms with Gasteiger partial charge < -0.3 is 21.1 Å². The predicted molar refractivity (Wildman–Crippen MR) is 86.1 cm³/mol. The molecule has 1 atom stereocenters. The number of rotatable bonds is 7. The first kappa shape index (κ1) is 17.3. The van der Waals surface area contributed by atoms with E-state index in [1.807, 2.05) is 20.8 Å². The zero-order chi connectivity index (χ0) is 16.0. The number of amides is 1. The van der Waals surface area contributed by atoms with Crippen LogP contribution < -0.4 is 16.4 Å². The molecule has 0 aliphatic rings. The highest BCUT2D eigenvalue weighted by molar-refractivity contribution is 7.19. The highest BCUT2D eigenvalue weighted by Gasteiger charge is 2.26. The molecule has 6 nitrogen and oxygen atoms in total. The van der Waals surface area contributed by atoms with Gasteiger partial charge in [-0.05, 0) is 27.2 Å². The van der Waals surface area contributed by atoms with E-state index in [1.54, 1.807) is 6.92 Å². The Balaban J connectivity index is 3.22. The zero-order valence-electron chi connectivity index (χ0n) is 12.9. The molecule has 1 aromatic rings. The average molecular weight is 313 g/mol. The lowest BCUT2D eigenvalue weighted by Gasteiger charge is -2.12. The summed E-state index contributed by atoms with van der Waals surface area (Å²) in [7, 11) is 0. The van der Waals surface area contributed by atoms with E-state index in [2.05, 4.69) is 10.6 Å². The molecule has 118 valence electrons. The lowest BCUT2D eigenvalue weighted by Crippen LogP contribution is -2.22. The third-order valence-corrected chi connectivity index (χ3v) is 4.09. The van der Waals surface area contributed by atoms with Crippen molar-refractivity contribution in [3.05, 3.63) is 10.4 Å². The van der Waals surface area contributed by atoms with Gasteiger partial charge in [0.05, 0.1) is 12.3 Å². The van der Waals surface area contributed by atoms with Gasteiger partial charge in [0.25, 0.3) is 5.91 Å². The Morgan fingerprint density at radius 1 is 1.33 bits per heavy atom. The third-order valence-electron chi connectivity index (χ3n) is 2.96. The summed E-state index contributed by atoms with van der Waals surface area (Å²) in [5.74, 6) is -0.782. The Bertz CT molecular complexity index is 514. The Morgan fingerprint density at radius 2 is 2.00 bits per heavy atom. The van der Waals surface area contributed by atoms with E-state index in [1.165, 1.54) is 11.3 Å². The van der Waals surface area contributed by atoms with Crippen LogP contribution >= 0.6 is 11.3 Å². The van der Waals surface area contributed by atoms with Crippen molar-refractivity contribution < 1.29 is 14.3 Å². The minimum Gasteiger partial charge on any atom is -0.462 e. The first-order chi connectivity index (χ1) is 9.96. The van der Waals surface area contributed by atoms with E-state index < -0.39 is 5.97 Å². The number of carbonyl (C=O) groups is 2. The number of ether oxygens (including phenoxy) is 1. The van der Waals surface area contributed by atoms with E-state index in [4.69, 9.17) is 10.5 Å². The molecule has 1 aromatic heterocycles. The standard InChI is InChI=1S/C14H23N3O3S/c1-5-8(4)17-13-9(14(19)20-7-3)10(15)11(21-13)12(18)16-6-2/h8,17H,5-7,15H2,1-4H3,(H,16,18). The summed E-state index contributed by atoms with van der Waals surface area (Å²) < 4.78 is 5.03. The molecule has 0 saturated heterocycles.